The van der Waals surface area contributed by atoms with Gasteiger partial charge < -0.3 is 11.1 Å². The molecule has 0 heterocycles. The maximum Gasteiger partial charge on any atom is 0.323 e. The van der Waals surface area contributed by atoms with Gasteiger partial charge in [-0.25, -0.2) is 4.79 Å². The lowest BCUT2D eigenvalue weighted by Gasteiger charge is -2.15. The van der Waals surface area contributed by atoms with Crippen LogP contribution in [-0.2, 0) is 11.2 Å². The molecule has 3 amide bonds. The van der Waals surface area contributed by atoms with Crippen LogP contribution in [0.2, 0.25) is 0 Å². The minimum atomic E-state index is -0.376. The van der Waals surface area contributed by atoms with Crippen molar-refractivity contribution in [1.29, 1.82) is 0 Å². The van der Waals surface area contributed by atoms with Crippen LogP contribution in [0.3, 0.4) is 0 Å². The number of nitrogens with zero attached hydrogens (tertiary/aromatic N) is 1. The van der Waals surface area contributed by atoms with E-state index in [-0.39, 0.29) is 6.03 Å². The lowest BCUT2D eigenvalue weighted by Crippen LogP contribution is -2.40. The molecule has 0 fully saturated rings. The molecular formula is C13H18BrN3O2. The van der Waals surface area contributed by atoms with Gasteiger partial charge in [0, 0.05) is 17.6 Å². The zero-order valence-electron chi connectivity index (χ0n) is 10.6. The molecule has 3 N–H and O–H groups in total. The quantitative estimate of drug-likeness (QED) is 0.745. The third-order valence-corrected chi connectivity index (χ3v) is 3.06. The van der Waals surface area contributed by atoms with E-state index in [1.807, 2.05) is 24.3 Å². The number of hydrogen-bond donors (Lipinski definition) is 2. The van der Waals surface area contributed by atoms with Gasteiger partial charge in [0.15, 0.2) is 0 Å². The Morgan fingerprint density at radius 1 is 1.47 bits per heavy atom. The van der Waals surface area contributed by atoms with Crippen LogP contribution in [0.15, 0.2) is 28.7 Å². The summed E-state index contributed by atoms with van der Waals surface area (Å²) >= 11 is 3.39. The number of rotatable bonds is 7. The van der Waals surface area contributed by atoms with Gasteiger partial charge in [0.2, 0.25) is 6.41 Å². The Hall–Kier alpha value is -1.40. The van der Waals surface area contributed by atoms with Crippen LogP contribution < -0.4 is 11.1 Å². The Kier molecular flexibility index (Phi) is 7.14. The first-order valence-corrected chi connectivity index (χ1v) is 6.91. The second-order valence-corrected chi connectivity index (χ2v) is 4.97. The van der Waals surface area contributed by atoms with Crippen LogP contribution in [0.5, 0.6) is 0 Å². The number of hydrogen-bond acceptors (Lipinski definition) is 3. The molecule has 0 unspecified atom stereocenters. The van der Waals surface area contributed by atoms with Crippen LogP contribution in [0.1, 0.15) is 12.0 Å². The predicted molar refractivity (Wildman–Crippen MR) is 77.7 cm³/mol. The molecule has 0 aliphatic heterocycles. The molecule has 0 aromatic heterocycles. The number of imide groups is 1. The third kappa shape index (κ3) is 5.85. The third-order valence-electron chi connectivity index (χ3n) is 2.57. The van der Waals surface area contributed by atoms with Gasteiger partial charge in [-0.2, -0.15) is 0 Å². The van der Waals surface area contributed by atoms with Gasteiger partial charge in [0.05, 0.1) is 0 Å². The summed E-state index contributed by atoms with van der Waals surface area (Å²) in [5.41, 5.74) is 6.46. The van der Waals surface area contributed by atoms with Crippen molar-refractivity contribution in [3.8, 4) is 0 Å². The summed E-state index contributed by atoms with van der Waals surface area (Å²) in [4.78, 5) is 23.5. The lowest BCUT2D eigenvalue weighted by atomic mass is 10.1. The van der Waals surface area contributed by atoms with Gasteiger partial charge in [-0.15, -0.1) is 0 Å². The van der Waals surface area contributed by atoms with E-state index in [2.05, 4.69) is 21.2 Å². The van der Waals surface area contributed by atoms with E-state index in [0.29, 0.717) is 32.5 Å². The fraction of sp³-hybridized carbons (Fsp3) is 0.385. The smallest absolute Gasteiger partial charge is 0.323 e. The Morgan fingerprint density at radius 2 is 2.26 bits per heavy atom. The molecule has 19 heavy (non-hydrogen) atoms. The molecule has 0 spiro atoms. The van der Waals surface area contributed by atoms with Crippen molar-refractivity contribution in [2.75, 3.05) is 19.6 Å². The number of benzene rings is 1. The number of carbonyl (C=O) groups is 2. The van der Waals surface area contributed by atoms with Crippen molar-refractivity contribution in [3.63, 3.8) is 0 Å². The number of nitrogens with two attached hydrogens (primary N) is 1. The Morgan fingerprint density at radius 3 is 2.89 bits per heavy atom. The first-order chi connectivity index (χ1) is 9.17. The van der Waals surface area contributed by atoms with E-state index in [1.54, 1.807) is 0 Å². The molecule has 1 aromatic carbocycles. The molecular weight excluding hydrogens is 310 g/mol. The highest BCUT2D eigenvalue weighted by atomic mass is 79.9. The van der Waals surface area contributed by atoms with E-state index in [4.69, 9.17) is 5.73 Å². The van der Waals surface area contributed by atoms with Crippen LogP contribution in [0.25, 0.3) is 0 Å². The van der Waals surface area contributed by atoms with Crippen molar-refractivity contribution in [2.45, 2.75) is 12.8 Å². The molecule has 0 bridgehead atoms. The van der Waals surface area contributed by atoms with Crippen LogP contribution in [-0.4, -0.2) is 37.0 Å². The van der Waals surface area contributed by atoms with Gasteiger partial charge in [-0.05, 0) is 37.1 Å². The zero-order valence-corrected chi connectivity index (χ0v) is 12.2. The van der Waals surface area contributed by atoms with Gasteiger partial charge in [-0.1, -0.05) is 28.1 Å². The molecule has 104 valence electrons. The first-order valence-electron chi connectivity index (χ1n) is 6.11. The van der Waals surface area contributed by atoms with Crippen LogP contribution in [0, 0.1) is 0 Å². The Balaban J connectivity index is 2.35. The number of urea groups is 1. The average Bonchev–Trinajstić information content (AvgIpc) is 2.39. The maximum atomic E-state index is 11.7. The summed E-state index contributed by atoms with van der Waals surface area (Å²) in [6, 6.07) is 7.50. The van der Waals surface area contributed by atoms with E-state index >= 15 is 0 Å². The molecule has 0 aliphatic carbocycles. The summed E-state index contributed by atoms with van der Waals surface area (Å²) in [6.45, 7) is 1.29. The number of amides is 3. The van der Waals surface area contributed by atoms with Gasteiger partial charge in [0.1, 0.15) is 0 Å². The van der Waals surface area contributed by atoms with Gasteiger partial charge >= 0.3 is 6.03 Å². The number of nitrogens with one attached hydrogen (secondary N) is 1. The zero-order chi connectivity index (χ0) is 14.1. The van der Waals surface area contributed by atoms with Crippen molar-refractivity contribution >= 4 is 28.4 Å². The van der Waals surface area contributed by atoms with Crippen molar-refractivity contribution in [2.24, 2.45) is 5.73 Å². The Labute approximate surface area is 121 Å². The highest BCUT2D eigenvalue weighted by molar-refractivity contribution is 9.10. The molecule has 1 aromatic rings. The Bertz CT molecular complexity index is 426. The van der Waals surface area contributed by atoms with Crippen molar-refractivity contribution in [3.05, 3.63) is 34.3 Å². The second-order valence-electron chi connectivity index (χ2n) is 4.05. The first kappa shape index (κ1) is 15.7. The fourth-order valence-corrected chi connectivity index (χ4v) is 2.02. The molecule has 6 heteroatoms. The van der Waals surface area contributed by atoms with Crippen LogP contribution in [0.4, 0.5) is 4.79 Å². The standard InChI is InChI=1S/C13H18BrN3O2/c14-12-4-1-3-11(9-12)5-7-16-13(19)17(10-18)8-2-6-15/h1,3-4,9-10H,2,5-8,15H2,(H,16,19). The minimum absolute atomic E-state index is 0.350. The van der Waals surface area contributed by atoms with Crippen LogP contribution >= 0.6 is 15.9 Å². The normalized spacial score (nSPS) is 10.0. The van der Waals surface area contributed by atoms with Gasteiger partial charge in [0.25, 0.3) is 0 Å². The highest BCUT2D eigenvalue weighted by Gasteiger charge is 2.10. The molecule has 0 saturated carbocycles. The van der Waals surface area contributed by atoms with E-state index in [0.717, 1.165) is 21.4 Å². The number of halogens is 1. The van der Waals surface area contributed by atoms with Crippen molar-refractivity contribution < 1.29 is 9.59 Å². The summed E-state index contributed by atoms with van der Waals surface area (Å²) in [5.74, 6) is 0. The molecule has 0 radical (unpaired) electrons. The number of carbonyl (C=O) groups excluding carboxylic acids is 2. The fourth-order valence-electron chi connectivity index (χ4n) is 1.57. The van der Waals surface area contributed by atoms with E-state index in [9.17, 15) is 9.59 Å². The average molecular weight is 328 g/mol. The summed E-state index contributed by atoms with van der Waals surface area (Å²) in [7, 11) is 0. The summed E-state index contributed by atoms with van der Waals surface area (Å²) in [5, 5.41) is 2.71. The molecule has 0 atom stereocenters. The molecule has 1 rings (SSSR count). The predicted octanol–water partition coefficient (Wildman–Crippen LogP) is 1.51. The van der Waals surface area contributed by atoms with Gasteiger partial charge in [-0.3, -0.25) is 9.69 Å². The minimum Gasteiger partial charge on any atom is -0.337 e. The summed E-state index contributed by atoms with van der Waals surface area (Å²) in [6.07, 6.45) is 1.86. The highest BCUT2D eigenvalue weighted by Crippen LogP contribution is 2.11. The SMILES string of the molecule is NCCCN(C=O)C(=O)NCCc1cccc(Br)c1. The second kappa shape index (κ2) is 8.66. The topological polar surface area (TPSA) is 75.4 Å². The largest absolute Gasteiger partial charge is 0.337 e. The summed E-state index contributed by atoms with van der Waals surface area (Å²) < 4.78 is 1.01. The maximum absolute atomic E-state index is 11.7. The lowest BCUT2D eigenvalue weighted by molar-refractivity contribution is -0.115. The molecule has 0 saturated heterocycles. The van der Waals surface area contributed by atoms with E-state index < -0.39 is 0 Å². The monoisotopic (exact) mass is 327 g/mol. The van der Waals surface area contributed by atoms with Crippen molar-refractivity contribution in [1.82, 2.24) is 10.2 Å². The molecule has 0 aliphatic rings. The molecule has 5 nitrogen and oxygen atoms in total. The van der Waals surface area contributed by atoms with E-state index in [1.165, 1.54) is 0 Å².